The van der Waals surface area contributed by atoms with Crippen LogP contribution in [0, 0.1) is 5.82 Å². The summed E-state index contributed by atoms with van der Waals surface area (Å²) in [5.41, 5.74) is 0. The highest BCUT2D eigenvalue weighted by atomic mass is 35.5. The van der Waals surface area contributed by atoms with Crippen molar-refractivity contribution >= 4 is 25.2 Å². The molecule has 1 aromatic carbocycles. The quantitative estimate of drug-likeness (QED) is 0.304. The van der Waals surface area contributed by atoms with Crippen LogP contribution in [0.1, 0.15) is 33.6 Å². The molecule has 0 saturated carbocycles. The first-order valence-corrected chi connectivity index (χ1v) is 9.97. The van der Waals surface area contributed by atoms with Crippen molar-refractivity contribution in [2.45, 2.75) is 39.5 Å². The molecule has 0 aliphatic rings. The lowest BCUT2D eigenvalue weighted by Gasteiger charge is -2.23. The normalized spacial score (nSPS) is 12.7. The lowest BCUT2D eigenvalue weighted by molar-refractivity contribution is -0.146. The molecule has 0 saturated heterocycles. The lowest BCUT2D eigenvalue weighted by atomic mass is 10.3. The summed E-state index contributed by atoms with van der Waals surface area (Å²) in [5, 5.41) is 0.158. The Labute approximate surface area is 152 Å². The van der Waals surface area contributed by atoms with Crippen LogP contribution in [-0.4, -0.2) is 31.6 Å². The van der Waals surface area contributed by atoms with Gasteiger partial charge in [0.1, 0.15) is 11.6 Å². The van der Waals surface area contributed by atoms with Crippen LogP contribution in [0.4, 0.5) is 4.39 Å². The molecule has 1 unspecified atom stereocenters. The van der Waals surface area contributed by atoms with Gasteiger partial charge in [-0.15, -0.1) is 0 Å². The first-order valence-electron chi connectivity index (χ1n) is 7.98. The van der Waals surface area contributed by atoms with E-state index in [1.807, 2.05) is 0 Å². The Morgan fingerprint density at radius 3 is 2.48 bits per heavy atom. The van der Waals surface area contributed by atoms with Gasteiger partial charge < -0.3 is 18.5 Å². The zero-order valence-electron chi connectivity index (χ0n) is 14.5. The van der Waals surface area contributed by atoms with E-state index in [1.54, 1.807) is 13.8 Å². The monoisotopic (exact) mass is 396 g/mol. The molecular weight excluding hydrogens is 374 g/mol. The summed E-state index contributed by atoms with van der Waals surface area (Å²) in [4.78, 5) is 11.8. The van der Waals surface area contributed by atoms with Crippen molar-refractivity contribution in [3.8, 4) is 5.75 Å². The third kappa shape index (κ3) is 7.32. The van der Waals surface area contributed by atoms with Gasteiger partial charge in [-0.05, 0) is 45.4 Å². The fraction of sp³-hybridized carbons (Fsp3) is 0.562. The van der Waals surface area contributed by atoms with Crippen molar-refractivity contribution in [1.82, 2.24) is 0 Å². The molecule has 0 aliphatic carbocycles. The largest absolute Gasteiger partial charge is 0.492 e. The summed E-state index contributed by atoms with van der Waals surface area (Å²) in [6, 6.07) is 3.79. The molecule has 0 fully saturated rings. The topological polar surface area (TPSA) is 71.1 Å². The average molecular weight is 397 g/mol. The molecule has 142 valence electrons. The Balaban J connectivity index is 2.40. The second-order valence-electron chi connectivity index (χ2n) is 4.99. The molecule has 6 nitrogen and oxygen atoms in total. The van der Waals surface area contributed by atoms with E-state index in [9.17, 15) is 13.8 Å². The van der Waals surface area contributed by atoms with E-state index in [4.69, 9.17) is 30.1 Å². The summed E-state index contributed by atoms with van der Waals surface area (Å²) in [7, 11) is -3.49. The third-order valence-corrected chi connectivity index (χ3v) is 5.57. The molecule has 25 heavy (non-hydrogen) atoms. The molecule has 0 amide bonds. The van der Waals surface area contributed by atoms with Crippen LogP contribution in [0.2, 0.25) is 5.02 Å². The van der Waals surface area contributed by atoms with Gasteiger partial charge in [-0.2, -0.15) is 0 Å². The van der Waals surface area contributed by atoms with Crippen molar-refractivity contribution in [3.63, 3.8) is 0 Å². The van der Waals surface area contributed by atoms with Crippen molar-refractivity contribution in [2.75, 3.05) is 19.8 Å². The zero-order chi connectivity index (χ0) is 18.9. The molecule has 1 aromatic rings. The standard InChI is InChI=1S/C16H23ClFO6P/c1-4-22-25(20,23-5-2)12(3)24-16(19)7-6-10-21-15-9-8-13(18)11-14(15)17/h8-9,11-12H,4-7,10H2,1-3H3. The Morgan fingerprint density at radius 1 is 1.28 bits per heavy atom. The summed E-state index contributed by atoms with van der Waals surface area (Å²) in [6.45, 7) is 5.40. The smallest absolute Gasteiger partial charge is 0.370 e. The van der Waals surface area contributed by atoms with E-state index in [2.05, 4.69) is 0 Å². The molecule has 0 aromatic heterocycles. The first kappa shape index (κ1) is 21.9. The van der Waals surface area contributed by atoms with Crippen LogP contribution < -0.4 is 4.74 Å². The minimum absolute atomic E-state index is 0.0569. The zero-order valence-corrected chi connectivity index (χ0v) is 16.1. The van der Waals surface area contributed by atoms with Gasteiger partial charge in [0.05, 0.1) is 24.8 Å². The second-order valence-corrected chi connectivity index (χ2v) is 7.72. The number of carbonyl (C=O) groups excluding carboxylic acids is 1. The molecule has 0 aliphatic heterocycles. The fourth-order valence-corrected chi connectivity index (χ4v) is 3.59. The van der Waals surface area contributed by atoms with Gasteiger partial charge in [0.15, 0.2) is 5.85 Å². The molecule has 0 spiro atoms. The number of ether oxygens (including phenoxy) is 2. The lowest BCUT2D eigenvalue weighted by Crippen LogP contribution is -2.18. The average Bonchev–Trinajstić information content (AvgIpc) is 2.53. The number of hydrogen-bond acceptors (Lipinski definition) is 6. The molecule has 0 radical (unpaired) electrons. The Morgan fingerprint density at radius 2 is 1.92 bits per heavy atom. The van der Waals surface area contributed by atoms with Gasteiger partial charge in [0.25, 0.3) is 0 Å². The van der Waals surface area contributed by atoms with Gasteiger partial charge in [-0.25, -0.2) is 4.39 Å². The van der Waals surface area contributed by atoms with E-state index in [1.165, 1.54) is 19.1 Å². The number of carbonyl (C=O) groups is 1. The maximum Gasteiger partial charge on any atom is 0.370 e. The summed E-state index contributed by atoms with van der Waals surface area (Å²) >= 11 is 5.83. The highest BCUT2D eigenvalue weighted by Crippen LogP contribution is 2.53. The van der Waals surface area contributed by atoms with Gasteiger partial charge in [-0.3, -0.25) is 9.36 Å². The Kier molecular flexibility index (Phi) is 9.43. The van der Waals surface area contributed by atoms with Crippen molar-refractivity contribution in [1.29, 1.82) is 0 Å². The van der Waals surface area contributed by atoms with Crippen molar-refractivity contribution in [2.24, 2.45) is 0 Å². The molecular formula is C16H23ClFO6P. The van der Waals surface area contributed by atoms with Gasteiger partial charge in [-0.1, -0.05) is 11.6 Å². The second kappa shape index (κ2) is 10.8. The van der Waals surface area contributed by atoms with Crippen LogP contribution >= 0.6 is 19.2 Å². The number of esters is 1. The predicted octanol–water partition coefficient (Wildman–Crippen LogP) is 4.79. The summed E-state index contributed by atoms with van der Waals surface area (Å²) in [5.74, 6) is -1.65. The van der Waals surface area contributed by atoms with Gasteiger partial charge in [0, 0.05) is 6.42 Å². The highest BCUT2D eigenvalue weighted by Gasteiger charge is 2.34. The number of halogens is 2. The molecule has 1 rings (SSSR count). The minimum Gasteiger partial charge on any atom is -0.492 e. The number of rotatable bonds is 11. The molecule has 0 N–H and O–H groups in total. The van der Waals surface area contributed by atoms with E-state index in [-0.39, 0.29) is 31.3 Å². The summed E-state index contributed by atoms with van der Waals surface area (Å²) < 4.78 is 46.1. The SMILES string of the molecule is CCOP(=O)(OCC)C(C)OC(=O)CCCOc1ccc(F)cc1Cl. The Bertz CT molecular complexity index is 602. The predicted molar refractivity (Wildman–Crippen MR) is 92.6 cm³/mol. The minimum atomic E-state index is -3.49. The van der Waals surface area contributed by atoms with Crippen LogP contribution in [0.5, 0.6) is 5.75 Å². The van der Waals surface area contributed by atoms with E-state index < -0.39 is 25.2 Å². The highest BCUT2D eigenvalue weighted by molar-refractivity contribution is 7.54. The van der Waals surface area contributed by atoms with Crippen LogP contribution in [0.3, 0.4) is 0 Å². The molecule has 0 bridgehead atoms. The van der Waals surface area contributed by atoms with Crippen LogP contribution in [0.15, 0.2) is 18.2 Å². The maximum atomic E-state index is 12.9. The van der Waals surface area contributed by atoms with E-state index in [0.29, 0.717) is 12.2 Å². The van der Waals surface area contributed by atoms with E-state index >= 15 is 0 Å². The van der Waals surface area contributed by atoms with Gasteiger partial charge >= 0.3 is 13.6 Å². The number of hydrogen-bond donors (Lipinski definition) is 0. The summed E-state index contributed by atoms with van der Waals surface area (Å²) in [6.07, 6.45) is 0.411. The maximum absolute atomic E-state index is 12.9. The molecule has 9 heteroatoms. The van der Waals surface area contributed by atoms with E-state index in [0.717, 1.165) is 6.07 Å². The van der Waals surface area contributed by atoms with Crippen molar-refractivity contribution < 1.29 is 32.3 Å². The van der Waals surface area contributed by atoms with Crippen LogP contribution in [-0.2, 0) is 23.1 Å². The Hall–Kier alpha value is -1.14. The third-order valence-electron chi connectivity index (χ3n) is 3.04. The fourth-order valence-electron chi connectivity index (χ4n) is 1.91. The first-order chi connectivity index (χ1) is 11.8. The molecule has 1 atom stereocenters. The van der Waals surface area contributed by atoms with Crippen LogP contribution in [0.25, 0.3) is 0 Å². The van der Waals surface area contributed by atoms with Crippen molar-refractivity contribution in [3.05, 3.63) is 29.0 Å². The van der Waals surface area contributed by atoms with Gasteiger partial charge in [0.2, 0.25) is 0 Å². The number of benzene rings is 1. The molecule has 0 heterocycles.